The van der Waals surface area contributed by atoms with Gasteiger partial charge in [-0.05, 0) is 31.3 Å². The molecule has 0 spiro atoms. The third kappa shape index (κ3) is 4.35. The van der Waals surface area contributed by atoms with E-state index in [0.29, 0.717) is 11.5 Å². The largest absolute Gasteiger partial charge is 0.488 e. The van der Waals surface area contributed by atoms with Gasteiger partial charge in [-0.2, -0.15) is 11.8 Å². The van der Waals surface area contributed by atoms with Crippen LogP contribution in [0.2, 0.25) is 0 Å². The quantitative estimate of drug-likeness (QED) is 0.727. The predicted molar refractivity (Wildman–Crippen MR) is 75.6 cm³/mol. The van der Waals surface area contributed by atoms with Crippen LogP contribution in [0.4, 0.5) is 0 Å². The molecule has 17 heavy (non-hydrogen) atoms. The summed E-state index contributed by atoms with van der Waals surface area (Å²) < 4.78 is 0. The minimum absolute atomic E-state index is 0.467. The van der Waals surface area contributed by atoms with E-state index < -0.39 is 7.12 Å². The van der Waals surface area contributed by atoms with Crippen molar-refractivity contribution in [2.75, 3.05) is 19.1 Å². The maximum absolute atomic E-state index is 9.29. The molecule has 0 fully saturated rings. The third-order valence-corrected chi connectivity index (χ3v) is 3.73. The maximum Gasteiger partial charge on any atom is 0.488 e. The molecule has 1 aromatic carbocycles. The first-order valence-corrected chi connectivity index (χ1v) is 7.08. The molecule has 0 bridgehead atoms. The highest BCUT2D eigenvalue weighted by atomic mass is 32.2. The van der Waals surface area contributed by atoms with Gasteiger partial charge in [-0.25, -0.2) is 0 Å². The Kier molecular flexibility index (Phi) is 6.05. The van der Waals surface area contributed by atoms with Gasteiger partial charge in [0.2, 0.25) is 0 Å². The number of hydrogen-bond acceptors (Lipinski definition) is 4. The highest BCUT2D eigenvalue weighted by molar-refractivity contribution is 7.98. The van der Waals surface area contributed by atoms with Crippen molar-refractivity contribution >= 4 is 24.3 Å². The molecule has 0 aromatic heterocycles. The van der Waals surface area contributed by atoms with Crippen LogP contribution >= 0.6 is 11.8 Å². The summed E-state index contributed by atoms with van der Waals surface area (Å²) in [6.07, 6.45) is 2.09. The topological polar surface area (TPSA) is 43.7 Å². The highest BCUT2D eigenvalue weighted by Gasteiger charge is 2.17. The van der Waals surface area contributed by atoms with E-state index in [-0.39, 0.29) is 0 Å². The van der Waals surface area contributed by atoms with Crippen LogP contribution in [-0.4, -0.2) is 47.2 Å². The normalized spacial score (nSPS) is 12.8. The van der Waals surface area contributed by atoms with Gasteiger partial charge < -0.3 is 10.0 Å². The summed E-state index contributed by atoms with van der Waals surface area (Å²) in [5.74, 6) is 1.07. The fraction of sp³-hybridized carbons (Fsp3) is 0.500. The zero-order valence-corrected chi connectivity index (χ0v) is 11.4. The van der Waals surface area contributed by atoms with Gasteiger partial charge in [0.1, 0.15) is 0 Å². The molecular weight excluding hydrogens is 233 g/mol. The molecule has 0 saturated carbocycles. The molecule has 1 unspecified atom stereocenters. The Morgan fingerprint density at radius 1 is 1.35 bits per heavy atom. The number of thioether (sulfide) groups is 1. The Morgan fingerprint density at radius 3 is 2.59 bits per heavy atom. The van der Waals surface area contributed by atoms with E-state index in [9.17, 15) is 10.0 Å². The van der Waals surface area contributed by atoms with Crippen molar-refractivity contribution in [3.8, 4) is 0 Å². The second-order valence-electron chi connectivity index (χ2n) is 4.29. The van der Waals surface area contributed by atoms with Crippen LogP contribution in [-0.2, 0) is 6.54 Å². The monoisotopic (exact) mass is 253 g/mol. The van der Waals surface area contributed by atoms with Crippen molar-refractivity contribution in [3.05, 3.63) is 29.8 Å². The van der Waals surface area contributed by atoms with E-state index in [1.54, 1.807) is 6.07 Å². The van der Waals surface area contributed by atoms with Crippen molar-refractivity contribution in [2.24, 2.45) is 0 Å². The van der Waals surface area contributed by atoms with Gasteiger partial charge in [-0.15, -0.1) is 0 Å². The summed E-state index contributed by atoms with van der Waals surface area (Å²) in [6.45, 7) is 2.91. The van der Waals surface area contributed by atoms with Crippen LogP contribution in [0.1, 0.15) is 12.5 Å². The molecule has 0 radical (unpaired) electrons. The van der Waals surface area contributed by atoms with Crippen molar-refractivity contribution in [1.29, 1.82) is 0 Å². The summed E-state index contributed by atoms with van der Waals surface area (Å²) in [5.41, 5.74) is 1.56. The molecule has 0 aliphatic rings. The fourth-order valence-corrected chi connectivity index (χ4v) is 2.46. The van der Waals surface area contributed by atoms with Gasteiger partial charge in [0.05, 0.1) is 0 Å². The Bertz CT molecular complexity index is 349. The van der Waals surface area contributed by atoms with Gasteiger partial charge in [-0.1, -0.05) is 24.3 Å². The van der Waals surface area contributed by atoms with Gasteiger partial charge in [0.25, 0.3) is 0 Å². The van der Waals surface area contributed by atoms with Crippen LogP contribution in [0.15, 0.2) is 24.3 Å². The number of nitrogens with zero attached hydrogens (tertiary/aromatic N) is 1. The maximum atomic E-state index is 9.29. The highest BCUT2D eigenvalue weighted by Crippen LogP contribution is 2.08. The minimum Gasteiger partial charge on any atom is -0.423 e. The molecule has 3 nitrogen and oxygen atoms in total. The first kappa shape index (κ1) is 14.6. The van der Waals surface area contributed by atoms with E-state index in [0.717, 1.165) is 17.9 Å². The summed E-state index contributed by atoms with van der Waals surface area (Å²) in [4.78, 5) is 2.22. The Morgan fingerprint density at radius 2 is 2.00 bits per heavy atom. The molecule has 2 N–H and O–H groups in total. The second kappa shape index (κ2) is 7.06. The predicted octanol–water partition coefficient (Wildman–Crippen LogP) is 0.550. The molecule has 94 valence electrons. The summed E-state index contributed by atoms with van der Waals surface area (Å²) in [5, 5.41) is 18.6. The molecule has 1 rings (SSSR count). The molecular formula is C12H20BNO2S. The van der Waals surface area contributed by atoms with Crippen LogP contribution in [0.25, 0.3) is 0 Å². The lowest BCUT2D eigenvalue weighted by atomic mass is 9.77. The van der Waals surface area contributed by atoms with Crippen LogP contribution in [0.3, 0.4) is 0 Å². The van der Waals surface area contributed by atoms with Crippen LogP contribution in [0.5, 0.6) is 0 Å². The standard InChI is InChI=1S/C12H20BNO2S/c1-10(9-17-3)14(2)8-11-6-4-5-7-12(11)13(15)16/h4-7,10,15-16H,8-9H2,1-3H3. The van der Waals surface area contributed by atoms with E-state index in [1.165, 1.54) is 0 Å². The number of benzene rings is 1. The van der Waals surface area contributed by atoms with Gasteiger partial charge >= 0.3 is 7.12 Å². The van der Waals surface area contributed by atoms with E-state index in [2.05, 4.69) is 25.1 Å². The Balaban J connectivity index is 2.74. The Hall–Kier alpha value is -0.485. The minimum atomic E-state index is -1.39. The molecule has 0 amide bonds. The molecule has 0 aliphatic carbocycles. The van der Waals surface area contributed by atoms with Gasteiger partial charge in [0.15, 0.2) is 0 Å². The zero-order chi connectivity index (χ0) is 12.8. The lowest BCUT2D eigenvalue weighted by Crippen LogP contribution is -2.37. The Labute approximate surface area is 108 Å². The third-order valence-electron chi connectivity index (χ3n) is 2.91. The lowest BCUT2D eigenvalue weighted by Gasteiger charge is -2.25. The fourth-order valence-electron chi connectivity index (χ4n) is 1.72. The van der Waals surface area contributed by atoms with Crippen molar-refractivity contribution < 1.29 is 10.0 Å². The first-order chi connectivity index (χ1) is 8.06. The molecule has 0 aliphatic heterocycles. The molecule has 0 heterocycles. The number of rotatable bonds is 6. The number of hydrogen-bond donors (Lipinski definition) is 2. The SMILES string of the molecule is CSCC(C)N(C)Cc1ccccc1B(O)O. The lowest BCUT2D eigenvalue weighted by molar-refractivity contribution is 0.270. The van der Waals surface area contributed by atoms with E-state index in [4.69, 9.17) is 0 Å². The van der Waals surface area contributed by atoms with Crippen molar-refractivity contribution in [3.63, 3.8) is 0 Å². The molecule has 5 heteroatoms. The smallest absolute Gasteiger partial charge is 0.423 e. The average Bonchev–Trinajstić information content (AvgIpc) is 2.29. The molecule has 0 saturated heterocycles. The van der Waals surface area contributed by atoms with Crippen LogP contribution < -0.4 is 5.46 Å². The van der Waals surface area contributed by atoms with E-state index >= 15 is 0 Å². The zero-order valence-electron chi connectivity index (χ0n) is 10.6. The van der Waals surface area contributed by atoms with Crippen molar-refractivity contribution in [1.82, 2.24) is 4.90 Å². The molecule has 1 atom stereocenters. The summed E-state index contributed by atoms with van der Waals surface area (Å²) >= 11 is 1.82. The van der Waals surface area contributed by atoms with E-state index in [1.807, 2.05) is 30.0 Å². The first-order valence-electron chi connectivity index (χ1n) is 5.69. The molecule has 1 aromatic rings. The summed E-state index contributed by atoms with van der Waals surface area (Å²) in [6, 6.07) is 7.91. The van der Waals surface area contributed by atoms with Gasteiger partial charge in [0, 0.05) is 18.3 Å². The van der Waals surface area contributed by atoms with Crippen LogP contribution in [0, 0.1) is 0 Å². The van der Waals surface area contributed by atoms with Crippen molar-refractivity contribution in [2.45, 2.75) is 19.5 Å². The average molecular weight is 253 g/mol. The summed E-state index contributed by atoms with van der Waals surface area (Å²) in [7, 11) is 0.664. The second-order valence-corrected chi connectivity index (χ2v) is 5.20. The van der Waals surface area contributed by atoms with Gasteiger partial charge in [-0.3, -0.25) is 4.90 Å².